The number of aromatic nitrogens is 2. The van der Waals surface area contributed by atoms with Crippen LogP contribution in [0, 0.1) is 0 Å². The zero-order valence-electron chi connectivity index (χ0n) is 16.7. The lowest BCUT2D eigenvalue weighted by molar-refractivity contribution is 0.425. The summed E-state index contributed by atoms with van der Waals surface area (Å²) < 4.78 is 0. The fourth-order valence-corrected chi connectivity index (χ4v) is 2.76. The molecule has 0 amide bonds. The van der Waals surface area contributed by atoms with Crippen molar-refractivity contribution in [3.63, 3.8) is 0 Å². The predicted molar refractivity (Wildman–Crippen MR) is 109 cm³/mol. The first kappa shape index (κ1) is 21.7. The van der Waals surface area contributed by atoms with Gasteiger partial charge in [-0.1, -0.05) is 64.7 Å². The summed E-state index contributed by atoms with van der Waals surface area (Å²) in [6, 6.07) is 1.94. The minimum absolute atomic E-state index is 0.704. The van der Waals surface area contributed by atoms with E-state index in [1.54, 1.807) is 0 Å². The Morgan fingerprint density at radius 1 is 0.840 bits per heavy atom. The number of likely N-dealkylation sites (N-methyl/N-ethyl adjacent to an activating group) is 1. The molecule has 0 aliphatic rings. The Morgan fingerprint density at radius 2 is 1.48 bits per heavy atom. The fraction of sp³-hybridized carbons (Fsp3) is 0.800. The van der Waals surface area contributed by atoms with Gasteiger partial charge in [-0.15, -0.1) is 0 Å². The van der Waals surface area contributed by atoms with Gasteiger partial charge in [0.25, 0.3) is 0 Å². The van der Waals surface area contributed by atoms with Crippen molar-refractivity contribution in [3.05, 3.63) is 12.3 Å². The Hall–Kier alpha value is -1.36. The van der Waals surface area contributed by atoms with Crippen molar-refractivity contribution in [2.45, 2.75) is 71.1 Å². The van der Waals surface area contributed by atoms with Gasteiger partial charge in [-0.25, -0.2) is 4.98 Å². The molecule has 0 spiro atoms. The van der Waals surface area contributed by atoms with Crippen molar-refractivity contribution in [2.75, 3.05) is 44.4 Å². The van der Waals surface area contributed by atoms with Gasteiger partial charge in [0.05, 0.1) is 0 Å². The Labute approximate surface area is 155 Å². The average Bonchev–Trinajstić information content (AvgIpc) is 2.60. The summed E-state index contributed by atoms with van der Waals surface area (Å²) >= 11 is 0. The summed E-state index contributed by atoms with van der Waals surface area (Å²) in [5, 5.41) is 6.66. The average molecular weight is 350 g/mol. The van der Waals surface area contributed by atoms with E-state index in [0.29, 0.717) is 5.95 Å². The van der Waals surface area contributed by atoms with Crippen LogP contribution in [-0.4, -0.2) is 48.6 Å². The van der Waals surface area contributed by atoms with Gasteiger partial charge in [0.2, 0.25) is 5.95 Å². The molecule has 0 aliphatic heterocycles. The molecule has 0 unspecified atom stereocenters. The summed E-state index contributed by atoms with van der Waals surface area (Å²) in [5.74, 6) is 1.62. The number of unbranched alkanes of at least 4 members (excludes halogenated alkanes) is 9. The van der Waals surface area contributed by atoms with E-state index in [-0.39, 0.29) is 0 Å². The second-order valence-electron chi connectivity index (χ2n) is 7.10. The zero-order valence-corrected chi connectivity index (χ0v) is 16.7. The molecular formula is C20H39N5. The normalized spacial score (nSPS) is 11.0. The van der Waals surface area contributed by atoms with Crippen LogP contribution in [0.15, 0.2) is 12.3 Å². The highest BCUT2D eigenvalue weighted by Gasteiger charge is 1.99. The Balaban J connectivity index is 2.00. The van der Waals surface area contributed by atoms with Crippen molar-refractivity contribution in [3.8, 4) is 0 Å². The van der Waals surface area contributed by atoms with Crippen LogP contribution in [0.5, 0.6) is 0 Å². The van der Waals surface area contributed by atoms with Crippen molar-refractivity contribution in [1.82, 2.24) is 14.9 Å². The van der Waals surface area contributed by atoms with E-state index in [1.807, 2.05) is 12.3 Å². The zero-order chi connectivity index (χ0) is 18.2. The van der Waals surface area contributed by atoms with Crippen LogP contribution in [0.1, 0.15) is 71.1 Å². The van der Waals surface area contributed by atoms with Crippen molar-refractivity contribution in [2.24, 2.45) is 0 Å². The van der Waals surface area contributed by atoms with Gasteiger partial charge in [0.1, 0.15) is 5.82 Å². The molecule has 0 aliphatic carbocycles. The minimum atomic E-state index is 0.704. The molecule has 5 heteroatoms. The fourth-order valence-electron chi connectivity index (χ4n) is 2.76. The lowest BCUT2D eigenvalue weighted by Crippen LogP contribution is -2.21. The second kappa shape index (κ2) is 14.9. The maximum atomic E-state index is 4.50. The van der Waals surface area contributed by atoms with Gasteiger partial charge in [-0.2, -0.15) is 4.98 Å². The number of nitrogens with one attached hydrogen (secondary N) is 2. The standard InChI is InChI=1S/C20H39N5/c1-4-5-6-7-8-9-10-11-12-13-15-21-19-14-16-22-20(24-19)23-17-18-25(2)3/h14,16H,4-13,15,17-18H2,1-3H3,(H2,21,22,23,24). The number of anilines is 2. The van der Waals surface area contributed by atoms with Gasteiger partial charge in [0, 0.05) is 25.8 Å². The number of hydrogen-bond acceptors (Lipinski definition) is 5. The number of hydrogen-bond donors (Lipinski definition) is 2. The summed E-state index contributed by atoms with van der Waals surface area (Å²) in [4.78, 5) is 10.9. The van der Waals surface area contributed by atoms with E-state index in [2.05, 4.69) is 46.5 Å². The molecule has 0 fully saturated rings. The molecule has 0 bridgehead atoms. The minimum Gasteiger partial charge on any atom is -0.370 e. The SMILES string of the molecule is CCCCCCCCCCCCNc1ccnc(NCCN(C)C)n1. The third kappa shape index (κ3) is 12.6. The van der Waals surface area contributed by atoms with Crippen LogP contribution < -0.4 is 10.6 Å². The van der Waals surface area contributed by atoms with Gasteiger partial charge in [-0.3, -0.25) is 0 Å². The molecule has 0 radical (unpaired) electrons. The highest BCUT2D eigenvalue weighted by atomic mass is 15.2. The van der Waals surface area contributed by atoms with Crippen LogP contribution in [0.4, 0.5) is 11.8 Å². The van der Waals surface area contributed by atoms with Crippen LogP contribution in [0.25, 0.3) is 0 Å². The molecule has 0 aromatic carbocycles. The molecule has 25 heavy (non-hydrogen) atoms. The summed E-state index contributed by atoms with van der Waals surface area (Å²) in [5.41, 5.74) is 0. The van der Waals surface area contributed by atoms with Gasteiger partial charge in [-0.05, 0) is 26.6 Å². The lowest BCUT2D eigenvalue weighted by Gasteiger charge is -2.11. The first-order chi connectivity index (χ1) is 12.2. The Kier molecular flexibility index (Phi) is 13.0. The summed E-state index contributed by atoms with van der Waals surface area (Å²) in [6.07, 6.45) is 15.5. The van der Waals surface area contributed by atoms with Crippen LogP contribution in [0.2, 0.25) is 0 Å². The molecular weight excluding hydrogens is 310 g/mol. The van der Waals surface area contributed by atoms with Gasteiger partial charge >= 0.3 is 0 Å². The van der Waals surface area contributed by atoms with E-state index in [1.165, 1.54) is 64.2 Å². The Bertz CT molecular complexity index is 422. The topological polar surface area (TPSA) is 53.1 Å². The molecule has 1 heterocycles. The van der Waals surface area contributed by atoms with E-state index >= 15 is 0 Å². The van der Waals surface area contributed by atoms with E-state index < -0.39 is 0 Å². The van der Waals surface area contributed by atoms with Gasteiger partial charge in [0.15, 0.2) is 0 Å². The maximum Gasteiger partial charge on any atom is 0.224 e. The first-order valence-electron chi connectivity index (χ1n) is 10.2. The molecule has 1 aromatic heterocycles. The monoisotopic (exact) mass is 349 g/mol. The van der Waals surface area contributed by atoms with Crippen molar-refractivity contribution >= 4 is 11.8 Å². The van der Waals surface area contributed by atoms with Crippen molar-refractivity contribution < 1.29 is 0 Å². The smallest absolute Gasteiger partial charge is 0.224 e. The van der Waals surface area contributed by atoms with E-state index in [9.17, 15) is 0 Å². The number of nitrogens with zero attached hydrogens (tertiary/aromatic N) is 3. The largest absolute Gasteiger partial charge is 0.370 e. The molecule has 5 nitrogen and oxygen atoms in total. The molecule has 0 saturated heterocycles. The maximum absolute atomic E-state index is 4.50. The summed E-state index contributed by atoms with van der Waals surface area (Å²) in [6.45, 7) is 5.09. The lowest BCUT2D eigenvalue weighted by atomic mass is 10.1. The second-order valence-corrected chi connectivity index (χ2v) is 7.10. The first-order valence-corrected chi connectivity index (χ1v) is 10.2. The molecule has 0 saturated carbocycles. The van der Waals surface area contributed by atoms with Gasteiger partial charge < -0.3 is 15.5 Å². The van der Waals surface area contributed by atoms with Crippen LogP contribution in [0.3, 0.4) is 0 Å². The van der Waals surface area contributed by atoms with Crippen LogP contribution >= 0.6 is 0 Å². The molecule has 2 N–H and O–H groups in total. The van der Waals surface area contributed by atoms with Crippen LogP contribution in [-0.2, 0) is 0 Å². The highest BCUT2D eigenvalue weighted by molar-refractivity contribution is 5.39. The number of rotatable bonds is 16. The molecule has 144 valence electrons. The predicted octanol–water partition coefficient (Wildman–Crippen LogP) is 4.78. The third-order valence-electron chi connectivity index (χ3n) is 4.33. The van der Waals surface area contributed by atoms with Crippen molar-refractivity contribution in [1.29, 1.82) is 0 Å². The molecule has 1 rings (SSSR count). The summed E-state index contributed by atoms with van der Waals surface area (Å²) in [7, 11) is 4.12. The van der Waals surface area contributed by atoms with E-state index in [4.69, 9.17) is 0 Å². The third-order valence-corrected chi connectivity index (χ3v) is 4.33. The van der Waals surface area contributed by atoms with E-state index in [0.717, 1.165) is 25.5 Å². The quantitative estimate of drug-likeness (QED) is 0.421. The molecule has 1 aromatic rings. The highest BCUT2D eigenvalue weighted by Crippen LogP contribution is 2.11. The molecule has 0 atom stereocenters. The Morgan fingerprint density at radius 3 is 2.12 bits per heavy atom.